The highest BCUT2D eigenvalue weighted by Gasteiger charge is 2.12. The molecule has 0 radical (unpaired) electrons. The molecule has 1 aromatic heterocycles. The minimum Gasteiger partial charge on any atom is -0.339 e. The Kier molecular flexibility index (Phi) is 4.80. The minimum absolute atomic E-state index is 0.293. The minimum atomic E-state index is 0.293. The molecule has 2 rings (SSSR count). The summed E-state index contributed by atoms with van der Waals surface area (Å²) in [4.78, 5) is 4.35. The van der Waals surface area contributed by atoms with Gasteiger partial charge in [0.1, 0.15) is 0 Å². The van der Waals surface area contributed by atoms with Gasteiger partial charge in [-0.3, -0.25) is 0 Å². The molecule has 4 nitrogen and oxygen atoms in total. The van der Waals surface area contributed by atoms with Crippen molar-refractivity contribution in [3.05, 3.63) is 34.1 Å². The summed E-state index contributed by atoms with van der Waals surface area (Å²) in [6, 6.07) is 5.48. The summed E-state index contributed by atoms with van der Waals surface area (Å²) >= 11 is 11.9. The van der Waals surface area contributed by atoms with Crippen LogP contribution in [-0.4, -0.2) is 22.7 Å². The Morgan fingerprint density at radius 3 is 2.58 bits per heavy atom. The molecule has 0 aliphatic rings. The second-order valence-electron chi connectivity index (χ2n) is 4.33. The van der Waals surface area contributed by atoms with Crippen molar-refractivity contribution in [2.75, 3.05) is 6.54 Å². The van der Waals surface area contributed by atoms with Gasteiger partial charge in [-0.2, -0.15) is 4.98 Å². The highest BCUT2D eigenvalue weighted by molar-refractivity contribution is 6.35. The van der Waals surface area contributed by atoms with Crippen LogP contribution in [0.4, 0.5) is 0 Å². The summed E-state index contributed by atoms with van der Waals surface area (Å²) in [5.41, 5.74) is 0.753. The zero-order valence-corrected chi connectivity index (χ0v) is 12.3. The number of nitrogens with one attached hydrogen (secondary N) is 1. The third-order valence-corrected chi connectivity index (χ3v) is 3.06. The Bertz CT molecular complexity index is 536. The summed E-state index contributed by atoms with van der Waals surface area (Å²) in [6.45, 7) is 5.04. The molecule has 19 heavy (non-hydrogen) atoms. The van der Waals surface area contributed by atoms with Crippen LogP contribution in [0.2, 0.25) is 10.0 Å². The van der Waals surface area contributed by atoms with Crippen molar-refractivity contribution in [2.45, 2.75) is 26.3 Å². The molecule has 0 fully saturated rings. The Morgan fingerprint density at radius 1 is 1.26 bits per heavy atom. The van der Waals surface area contributed by atoms with Crippen LogP contribution >= 0.6 is 23.2 Å². The first-order chi connectivity index (χ1) is 9.08. The molecule has 0 saturated carbocycles. The van der Waals surface area contributed by atoms with Gasteiger partial charge in [0.2, 0.25) is 11.7 Å². The number of aromatic nitrogens is 2. The van der Waals surface area contributed by atoms with Crippen molar-refractivity contribution in [1.29, 1.82) is 0 Å². The van der Waals surface area contributed by atoms with E-state index < -0.39 is 0 Å². The van der Waals surface area contributed by atoms with Crippen LogP contribution in [0.5, 0.6) is 0 Å². The summed E-state index contributed by atoms with van der Waals surface area (Å²) in [5.74, 6) is 1.10. The molecule has 0 aliphatic carbocycles. The molecule has 0 aliphatic heterocycles. The predicted octanol–water partition coefficient (Wildman–Crippen LogP) is 3.58. The number of hydrogen-bond acceptors (Lipinski definition) is 4. The fourth-order valence-electron chi connectivity index (χ4n) is 1.82. The van der Waals surface area contributed by atoms with Crippen molar-refractivity contribution < 1.29 is 4.52 Å². The maximum atomic E-state index is 5.95. The highest BCUT2D eigenvalue weighted by atomic mass is 35.5. The van der Waals surface area contributed by atoms with Gasteiger partial charge in [0, 0.05) is 28.1 Å². The number of rotatable bonds is 5. The van der Waals surface area contributed by atoms with Crippen LogP contribution in [0.25, 0.3) is 11.4 Å². The monoisotopic (exact) mass is 299 g/mol. The molecule has 0 saturated heterocycles. The van der Waals surface area contributed by atoms with Gasteiger partial charge < -0.3 is 9.84 Å². The highest BCUT2D eigenvalue weighted by Crippen LogP contribution is 2.25. The van der Waals surface area contributed by atoms with Crippen molar-refractivity contribution in [3.63, 3.8) is 0 Å². The molecule has 1 heterocycles. The Labute approximate surface area is 122 Å². The van der Waals surface area contributed by atoms with E-state index in [0.29, 0.717) is 34.2 Å². The standard InChI is InChI=1S/C13H15Cl2N3O/c1-3-16-8(2)4-12-17-13(18-19-12)9-5-10(14)7-11(15)6-9/h5-8,16H,3-4H2,1-2H3. The summed E-state index contributed by atoms with van der Waals surface area (Å²) in [5, 5.41) is 8.34. The van der Waals surface area contributed by atoms with Crippen molar-refractivity contribution >= 4 is 23.2 Å². The van der Waals surface area contributed by atoms with Gasteiger partial charge in [-0.05, 0) is 31.7 Å². The Hall–Kier alpha value is -1.10. The summed E-state index contributed by atoms with van der Waals surface area (Å²) in [7, 11) is 0. The van der Waals surface area contributed by atoms with Gasteiger partial charge in [-0.25, -0.2) is 0 Å². The van der Waals surface area contributed by atoms with E-state index in [1.807, 2.05) is 0 Å². The lowest BCUT2D eigenvalue weighted by molar-refractivity contribution is 0.363. The quantitative estimate of drug-likeness (QED) is 0.917. The van der Waals surface area contributed by atoms with Crippen LogP contribution < -0.4 is 5.32 Å². The Balaban J connectivity index is 2.16. The topological polar surface area (TPSA) is 51.0 Å². The Morgan fingerprint density at radius 2 is 1.95 bits per heavy atom. The molecule has 102 valence electrons. The van der Waals surface area contributed by atoms with Crippen LogP contribution in [-0.2, 0) is 6.42 Å². The third-order valence-electron chi connectivity index (χ3n) is 2.62. The van der Waals surface area contributed by atoms with Crippen molar-refractivity contribution in [3.8, 4) is 11.4 Å². The zero-order chi connectivity index (χ0) is 13.8. The van der Waals surface area contributed by atoms with Gasteiger partial charge in [0.15, 0.2) is 0 Å². The fourth-order valence-corrected chi connectivity index (χ4v) is 2.35. The zero-order valence-electron chi connectivity index (χ0n) is 10.8. The second kappa shape index (κ2) is 6.37. The lowest BCUT2D eigenvalue weighted by Gasteiger charge is -2.07. The molecule has 2 aromatic rings. The fraction of sp³-hybridized carbons (Fsp3) is 0.385. The molecule has 0 bridgehead atoms. The van der Waals surface area contributed by atoms with E-state index in [1.165, 1.54) is 0 Å². The van der Waals surface area contributed by atoms with E-state index in [-0.39, 0.29) is 0 Å². The van der Waals surface area contributed by atoms with Gasteiger partial charge in [0.25, 0.3) is 0 Å². The van der Waals surface area contributed by atoms with E-state index >= 15 is 0 Å². The van der Waals surface area contributed by atoms with Crippen LogP contribution in [0.1, 0.15) is 19.7 Å². The molecule has 1 atom stereocenters. The van der Waals surface area contributed by atoms with Crippen molar-refractivity contribution in [1.82, 2.24) is 15.5 Å². The normalized spacial score (nSPS) is 12.6. The molecule has 0 amide bonds. The van der Waals surface area contributed by atoms with Crippen LogP contribution in [0, 0.1) is 0 Å². The molecule has 6 heteroatoms. The first-order valence-electron chi connectivity index (χ1n) is 6.11. The molecule has 1 unspecified atom stereocenters. The predicted molar refractivity (Wildman–Crippen MR) is 76.6 cm³/mol. The average Bonchev–Trinajstić information content (AvgIpc) is 2.76. The van der Waals surface area contributed by atoms with Gasteiger partial charge >= 0.3 is 0 Å². The van der Waals surface area contributed by atoms with Crippen molar-refractivity contribution in [2.24, 2.45) is 0 Å². The first kappa shape index (κ1) is 14.3. The molecule has 0 spiro atoms. The lowest BCUT2D eigenvalue weighted by Crippen LogP contribution is -2.27. The van der Waals surface area contributed by atoms with E-state index in [9.17, 15) is 0 Å². The smallest absolute Gasteiger partial charge is 0.228 e. The van der Waals surface area contributed by atoms with Gasteiger partial charge in [-0.15, -0.1) is 0 Å². The van der Waals surface area contributed by atoms with Crippen LogP contribution in [0.3, 0.4) is 0 Å². The lowest BCUT2D eigenvalue weighted by atomic mass is 10.2. The van der Waals surface area contributed by atoms with Gasteiger partial charge in [-0.1, -0.05) is 35.3 Å². The van der Waals surface area contributed by atoms with Gasteiger partial charge in [0.05, 0.1) is 0 Å². The summed E-state index contributed by atoms with van der Waals surface area (Å²) < 4.78 is 5.23. The number of nitrogens with zero attached hydrogens (tertiary/aromatic N) is 2. The number of benzene rings is 1. The second-order valence-corrected chi connectivity index (χ2v) is 5.21. The van der Waals surface area contributed by atoms with E-state index in [4.69, 9.17) is 27.7 Å². The maximum Gasteiger partial charge on any atom is 0.228 e. The van der Waals surface area contributed by atoms with E-state index in [0.717, 1.165) is 12.1 Å². The average molecular weight is 300 g/mol. The molecular weight excluding hydrogens is 285 g/mol. The largest absolute Gasteiger partial charge is 0.339 e. The first-order valence-corrected chi connectivity index (χ1v) is 6.86. The van der Waals surface area contributed by atoms with E-state index in [2.05, 4.69) is 29.3 Å². The molecule has 1 N–H and O–H groups in total. The molecule has 1 aromatic carbocycles. The van der Waals surface area contributed by atoms with E-state index in [1.54, 1.807) is 18.2 Å². The van der Waals surface area contributed by atoms with Crippen LogP contribution in [0.15, 0.2) is 22.7 Å². The SMILES string of the molecule is CCNC(C)Cc1nc(-c2cc(Cl)cc(Cl)c2)no1. The third kappa shape index (κ3) is 3.93. The number of likely N-dealkylation sites (N-methyl/N-ethyl adjacent to an activating group) is 1. The molecular formula is C13H15Cl2N3O. The summed E-state index contributed by atoms with van der Waals surface area (Å²) in [6.07, 6.45) is 0.690. The maximum absolute atomic E-state index is 5.95. The number of halogens is 2. The number of hydrogen-bond donors (Lipinski definition) is 1.